The van der Waals surface area contributed by atoms with Gasteiger partial charge in [0.2, 0.25) is 5.78 Å². The Morgan fingerprint density at radius 1 is 1.18 bits per heavy atom. The van der Waals surface area contributed by atoms with Crippen LogP contribution in [-0.2, 0) is 9.59 Å². The fourth-order valence-electron chi connectivity index (χ4n) is 0.655. The van der Waals surface area contributed by atoms with Gasteiger partial charge in [-0.05, 0) is 5.41 Å². The fraction of sp³-hybridized carbons (Fsp3) is 0.750. The molecule has 0 aliphatic heterocycles. The third-order valence-electron chi connectivity index (χ3n) is 1.12. The zero-order valence-corrected chi connectivity index (χ0v) is 7.86. The average molecular weight is 177 g/mol. The summed E-state index contributed by atoms with van der Waals surface area (Å²) in [6.07, 6.45) is 0.276. The molecule has 0 aromatic heterocycles. The first-order chi connectivity index (χ1) is 4.87. The molecule has 0 fully saturated rings. The molecular weight excluding hydrogens is 164 g/mol. The van der Waals surface area contributed by atoms with Crippen molar-refractivity contribution in [2.45, 2.75) is 27.2 Å². The molecule has 0 amide bonds. The van der Waals surface area contributed by atoms with E-state index in [0.717, 1.165) is 0 Å². The van der Waals surface area contributed by atoms with Crippen LogP contribution in [0.5, 0.6) is 0 Å². The topological polar surface area (TPSA) is 34.1 Å². The van der Waals surface area contributed by atoms with Gasteiger partial charge >= 0.3 is 0 Å². The maximum atomic E-state index is 11.0. The van der Waals surface area contributed by atoms with E-state index < -0.39 is 5.78 Å². The van der Waals surface area contributed by atoms with Gasteiger partial charge in [-0.2, -0.15) is 0 Å². The summed E-state index contributed by atoms with van der Waals surface area (Å²) in [5, 5.41) is 0. The lowest BCUT2D eigenvalue weighted by molar-refractivity contribution is -0.136. The second-order valence-corrected chi connectivity index (χ2v) is 3.98. The summed E-state index contributed by atoms with van der Waals surface area (Å²) in [7, 11) is 0. The highest BCUT2D eigenvalue weighted by atomic mass is 35.5. The molecule has 64 valence electrons. The summed E-state index contributed by atoms with van der Waals surface area (Å²) in [6, 6.07) is 0. The van der Waals surface area contributed by atoms with Crippen molar-refractivity contribution in [3.63, 3.8) is 0 Å². The largest absolute Gasteiger partial charge is 0.291 e. The predicted molar refractivity (Wildman–Crippen MR) is 44.8 cm³/mol. The van der Waals surface area contributed by atoms with Crippen LogP contribution < -0.4 is 0 Å². The molecule has 0 aliphatic rings. The molecule has 0 saturated carbocycles. The summed E-state index contributed by atoms with van der Waals surface area (Å²) < 4.78 is 0. The van der Waals surface area contributed by atoms with Gasteiger partial charge in [-0.3, -0.25) is 9.59 Å². The molecule has 0 aromatic rings. The van der Waals surface area contributed by atoms with E-state index in [1.165, 1.54) is 0 Å². The summed E-state index contributed by atoms with van der Waals surface area (Å²) in [6.45, 7) is 5.73. The summed E-state index contributed by atoms with van der Waals surface area (Å²) in [4.78, 5) is 21.7. The highest BCUT2D eigenvalue weighted by molar-refractivity contribution is 6.47. The second-order valence-electron chi connectivity index (χ2n) is 3.72. The van der Waals surface area contributed by atoms with Gasteiger partial charge in [-0.1, -0.05) is 20.8 Å². The number of hydrogen-bond acceptors (Lipinski definition) is 2. The molecule has 0 saturated heterocycles. The highest BCUT2D eigenvalue weighted by Crippen LogP contribution is 2.18. The lowest BCUT2D eigenvalue weighted by atomic mass is 9.89. The van der Waals surface area contributed by atoms with Crippen molar-refractivity contribution >= 4 is 23.2 Å². The Balaban J connectivity index is 3.99. The van der Waals surface area contributed by atoms with Crippen LogP contribution in [0.2, 0.25) is 0 Å². The first-order valence-electron chi connectivity index (χ1n) is 3.49. The molecule has 2 nitrogen and oxygen atoms in total. The minimum absolute atomic E-state index is 0.126. The van der Waals surface area contributed by atoms with Gasteiger partial charge in [0.05, 0.1) is 5.88 Å². The maximum absolute atomic E-state index is 11.0. The van der Waals surface area contributed by atoms with Crippen LogP contribution in [-0.4, -0.2) is 17.4 Å². The smallest absolute Gasteiger partial charge is 0.213 e. The average Bonchev–Trinajstić information content (AvgIpc) is 1.82. The molecule has 0 atom stereocenters. The predicted octanol–water partition coefficient (Wildman–Crippen LogP) is 1.80. The Morgan fingerprint density at radius 3 is 1.91 bits per heavy atom. The van der Waals surface area contributed by atoms with Crippen molar-refractivity contribution in [3.05, 3.63) is 0 Å². The SMILES string of the molecule is CC(C)(C)CC(=O)C(=O)CCl. The van der Waals surface area contributed by atoms with Crippen LogP contribution in [0.15, 0.2) is 0 Å². The quantitative estimate of drug-likeness (QED) is 0.486. The monoisotopic (exact) mass is 176 g/mol. The van der Waals surface area contributed by atoms with Crippen LogP contribution in [0.4, 0.5) is 0 Å². The number of ketones is 2. The third kappa shape index (κ3) is 4.96. The van der Waals surface area contributed by atoms with E-state index >= 15 is 0 Å². The molecule has 0 unspecified atom stereocenters. The van der Waals surface area contributed by atoms with Crippen LogP contribution in [0.1, 0.15) is 27.2 Å². The highest BCUT2D eigenvalue weighted by Gasteiger charge is 2.20. The van der Waals surface area contributed by atoms with Crippen LogP contribution in [0.25, 0.3) is 0 Å². The fourth-order valence-corrected chi connectivity index (χ4v) is 0.804. The summed E-state index contributed by atoms with van der Waals surface area (Å²) in [5.41, 5.74) is -0.126. The number of rotatable bonds is 3. The van der Waals surface area contributed by atoms with E-state index in [1.807, 2.05) is 20.8 Å². The van der Waals surface area contributed by atoms with Gasteiger partial charge in [-0.15, -0.1) is 11.6 Å². The first kappa shape index (κ1) is 10.6. The molecule has 3 heteroatoms. The van der Waals surface area contributed by atoms with Crippen molar-refractivity contribution in [2.24, 2.45) is 5.41 Å². The first-order valence-corrected chi connectivity index (χ1v) is 4.02. The zero-order chi connectivity index (χ0) is 9.07. The molecule has 0 N–H and O–H groups in total. The summed E-state index contributed by atoms with van der Waals surface area (Å²) in [5.74, 6) is -1.05. The van der Waals surface area contributed by atoms with E-state index in [-0.39, 0.29) is 23.5 Å². The maximum Gasteiger partial charge on any atom is 0.213 e. The Kier molecular flexibility index (Phi) is 3.73. The van der Waals surface area contributed by atoms with Crippen LogP contribution >= 0.6 is 11.6 Å². The third-order valence-corrected chi connectivity index (χ3v) is 1.37. The number of hydrogen-bond donors (Lipinski definition) is 0. The lowest BCUT2D eigenvalue weighted by Crippen LogP contribution is -2.21. The molecule has 0 spiro atoms. The Bertz CT molecular complexity index is 167. The minimum Gasteiger partial charge on any atom is -0.291 e. The van der Waals surface area contributed by atoms with Crippen molar-refractivity contribution in [2.75, 3.05) is 5.88 Å². The van der Waals surface area contributed by atoms with Gasteiger partial charge in [-0.25, -0.2) is 0 Å². The van der Waals surface area contributed by atoms with E-state index in [1.54, 1.807) is 0 Å². The molecule has 11 heavy (non-hydrogen) atoms. The van der Waals surface area contributed by atoms with Gasteiger partial charge in [0.25, 0.3) is 0 Å². The van der Waals surface area contributed by atoms with Gasteiger partial charge in [0.1, 0.15) is 0 Å². The van der Waals surface area contributed by atoms with Gasteiger partial charge in [0, 0.05) is 6.42 Å². The molecule has 0 bridgehead atoms. The standard InChI is InChI=1S/C8H13ClO2/c1-8(2,3)4-6(10)7(11)5-9/h4-5H2,1-3H3. The number of carbonyl (C=O) groups is 2. The van der Waals surface area contributed by atoms with E-state index in [0.29, 0.717) is 0 Å². The number of carbonyl (C=O) groups excluding carboxylic acids is 2. The molecule has 0 radical (unpaired) electrons. The minimum atomic E-state index is -0.485. The zero-order valence-electron chi connectivity index (χ0n) is 7.11. The van der Waals surface area contributed by atoms with Crippen molar-refractivity contribution in [3.8, 4) is 0 Å². The molecular formula is C8H13ClO2. The number of halogens is 1. The lowest BCUT2D eigenvalue weighted by Gasteiger charge is -2.15. The van der Waals surface area contributed by atoms with Crippen molar-refractivity contribution in [1.29, 1.82) is 0 Å². The molecule has 0 aliphatic carbocycles. The van der Waals surface area contributed by atoms with Crippen molar-refractivity contribution < 1.29 is 9.59 Å². The second kappa shape index (κ2) is 3.86. The summed E-state index contributed by atoms with van der Waals surface area (Å²) >= 11 is 5.21. The van der Waals surface area contributed by atoms with E-state index in [2.05, 4.69) is 0 Å². The van der Waals surface area contributed by atoms with Crippen molar-refractivity contribution in [1.82, 2.24) is 0 Å². The van der Waals surface area contributed by atoms with Gasteiger partial charge in [0.15, 0.2) is 5.78 Å². The van der Waals surface area contributed by atoms with E-state index in [9.17, 15) is 9.59 Å². The van der Waals surface area contributed by atoms with E-state index in [4.69, 9.17) is 11.6 Å². The number of Topliss-reactive ketones (excluding diaryl/α,β-unsaturated/α-hetero) is 2. The Morgan fingerprint density at radius 2 is 1.64 bits per heavy atom. The normalized spacial score (nSPS) is 11.3. The molecule has 0 heterocycles. The molecule has 0 aromatic carbocycles. The Labute approximate surface area is 71.9 Å². The van der Waals surface area contributed by atoms with Crippen LogP contribution in [0.3, 0.4) is 0 Å². The Hall–Kier alpha value is -0.370. The van der Waals surface area contributed by atoms with Crippen LogP contribution in [0, 0.1) is 5.41 Å². The van der Waals surface area contributed by atoms with Gasteiger partial charge < -0.3 is 0 Å². The molecule has 0 rings (SSSR count). The number of alkyl halides is 1.